The number of benzene rings is 1. The Kier molecular flexibility index (Phi) is 6.92. The van der Waals surface area contributed by atoms with Crippen LogP contribution in [0.15, 0.2) is 42.0 Å². The maximum Gasteiger partial charge on any atom is 0.328 e. The fourth-order valence-electron chi connectivity index (χ4n) is 4.32. The molecule has 0 aliphatic carbocycles. The van der Waals surface area contributed by atoms with Crippen molar-refractivity contribution in [2.75, 3.05) is 26.2 Å². The number of rotatable bonds is 7. The minimum atomic E-state index is -0.946. The van der Waals surface area contributed by atoms with Gasteiger partial charge in [-0.05, 0) is 38.7 Å². The maximum atomic E-state index is 13.2. The number of aliphatic hydroxyl groups is 1. The van der Waals surface area contributed by atoms with E-state index >= 15 is 0 Å². The molecule has 7 nitrogen and oxygen atoms in total. The number of β-amino-alcohol motifs (C(OH)–C–C–N with tert-alkyl or cyclic N) is 1. The summed E-state index contributed by atoms with van der Waals surface area (Å²) < 4.78 is 0. The van der Waals surface area contributed by atoms with Gasteiger partial charge in [-0.15, -0.1) is 0 Å². The van der Waals surface area contributed by atoms with Crippen LogP contribution in [-0.4, -0.2) is 69.4 Å². The first-order valence-electron chi connectivity index (χ1n) is 10.6. The van der Waals surface area contributed by atoms with Crippen molar-refractivity contribution < 1.29 is 19.5 Å². The zero-order valence-corrected chi connectivity index (χ0v) is 17.8. The molecule has 162 valence electrons. The van der Waals surface area contributed by atoms with Crippen molar-refractivity contribution in [3.8, 4) is 0 Å². The highest BCUT2D eigenvalue weighted by molar-refractivity contribution is 6.07. The molecule has 0 aromatic heterocycles. The molecule has 4 amide bonds. The lowest BCUT2D eigenvalue weighted by atomic mass is 9.85. The van der Waals surface area contributed by atoms with Crippen molar-refractivity contribution >= 4 is 17.8 Å². The number of likely N-dealkylation sites (tertiary alicyclic amines) is 1. The van der Waals surface area contributed by atoms with Gasteiger partial charge in [0.05, 0.1) is 13.2 Å². The molecule has 2 fully saturated rings. The number of amides is 4. The smallest absolute Gasteiger partial charge is 0.328 e. The minimum absolute atomic E-state index is 0.00391. The summed E-state index contributed by atoms with van der Waals surface area (Å²) in [4.78, 5) is 43.4. The summed E-state index contributed by atoms with van der Waals surface area (Å²) in [6.45, 7) is 4.99. The molecular formula is C23H31N3O4. The Balaban J connectivity index is 1.75. The normalized spacial score (nSPS) is 18.3. The van der Waals surface area contributed by atoms with Gasteiger partial charge in [0.25, 0.3) is 5.91 Å². The summed E-state index contributed by atoms with van der Waals surface area (Å²) in [5.74, 6) is -0.171. The molecule has 1 spiro atoms. The Labute approximate surface area is 177 Å². The van der Waals surface area contributed by atoms with Gasteiger partial charge in [0.1, 0.15) is 5.54 Å². The van der Waals surface area contributed by atoms with Gasteiger partial charge in [0, 0.05) is 26.1 Å². The first kappa shape index (κ1) is 22.0. The number of nitrogens with zero attached hydrogens (tertiary/aromatic N) is 3. The van der Waals surface area contributed by atoms with E-state index in [4.69, 9.17) is 0 Å². The third-order valence-electron chi connectivity index (χ3n) is 5.98. The lowest BCUT2D eigenvalue weighted by molar-refractivity contribution is -0.141. The predicted octanol–water partition coefficient (Wildman–Crippen LogP) is 2.55. The molecular weight excluding hydrogens is 382 g/mol. The number of hydrogen-bond donors (Lipinski definition) is 1. The molecule has 1 N–H and O–H groups in total. The second-order valence-electron chi connectivity index (χ2n) is 8.27. The van der Waals surface area contributed by atoms with Crippen LogP contribution in [-0.2, 0) is 16.1 Å². The summed E-state index contributed by atoms with van der Waals surface area (Å²) in [6.07, 6.45) is 4.05. The quantitative estimate of drug-likeness (QED) is 0.550. The molecule has 2 aliphatic heterocycles. The summed E-state index contributed by atoms with van der Waals surface area (Å²) in [5.41, 5.74) is 1.19. The predicted molar refractivity (Wildman–Crippen MR) is 113 cm³/mol. The second-order valence-corrected chi connectivity index (χ2v) is 8.27. The van der Waals surface area contributed by atoms with Gasteiger partial charge >= 0.3 is 6.03 Å². The highest BCUT2D eigenvalue weighted by Crippen LogP contribution is 2.38. The molecule has 2 saturated heterocycles. The molecule has 0 saturated carbocycles. The number of hydrogen-bond acceptors (Lipinski definition) is 4. The fraction of sp³-hybridized carbons (Fsp3) is 0.522. The van der Waals surface area contributed by atoms with E-state index in [1.807, 2.05) is 44.2 Å². The first-order chi connectivity index (χ1) is 14.4. The molecule has 0 atom stereocenters. The molecule has 0 unspecified atom stereocenters. The fourth-order valence-corrected chi connectivity index (χ4v) is 4.32. The SMILES string of the molecule is CC(C)=CCCC(=O)N1CCC2(CC1)C(=O)N(CCO)C(=O)N2Cc1ccccc1. The van der Waals surface area contributed by atoms with Crippen LogP contribution in [0.3, 0.4) is 0 Å². The summed E-state index contributed by atoms with van der Waals surface area (Å²) in [5, 5.41) is 9.34. The van der Waals surface area contributed by atoms with Gasteiger partial charge in [-0.1, -0.05) is 42.0 Å². The van der Waals surface area contributed by atoms with Crippen LogP contribution in [0.25, 0.3) is 0 Å². The monoisotopic (exact) mass is 413 g/mol. The van der Waals surface area contributed by atoms with E-state index in [-0.39, 0.29) is 31.0 Å². The van der Waals surface area contributed by atoms with E-state index in [0.717, 1.165) is 10.5 Å². The molecule has 3 rings (SSSR count). The largest absolute Gasteiger partial charge is 0.395 e. The molecule has 2 heterocycles. The van der Waals surface area contributed by atoms with Crippen molar-refractivity contribution in [1.29, 1.82) is 0 Å². The minimum Gasteiger partial charge on any atom is -0.395 e. The average Bonchev–Trinajstić information content (AvgIpc) is 2.91. The Hall–Kier alpha value is -2.67. The van der Waals surface area contributed by atoms with E-state index < -0.39 is 5.54 Å². The van der Waals surface area contributed by atoms with Crippen molar-refractivity contribution in [2.45, 2.75) is 51.6 Å². The van der Waals surface area contributed by atoms with Crippen LogP contribution in [0.4, 0.5) is 4.79 Å². The van der Waals surface area contributed by atoms with E-state index in [0.29, 0.717) is 45.3 Å². The standard InChI is InChI=1S/C23H31N3O4/c1-18(2)7-6-10-20(28)24-13-11-23(12-14-24)21(29)25(15-16-27)22(30)26(23)17-19-8-4-3-5-9-19/h3-5,7-9,27H,6,10-17H2,1-2H3. The van der Waals surface area contributed by atoms with Crippen LogP contribution in [0, 0.1) is 0 Å². The van der Waals surface area contributed by atoms with E-state index in [9.17, 15) is 19.5 Å². The zero-order valence-electron chi connectivity index (χ0n) is 17.8. The lowest BCUT2D eigenvalue weighted by Gasteiger charge is -2.42. The summed E-state index contributed by atoms with van der Waals surface area (Å²) in [6, 6.07) is 9.23. The maximum absolute atomic E-state index is 13.2. The van der Waals surface area contributed by atoms with E-state index in [2.05, 4.69) is 6.08 Å². The second kappa shape index (κ2) is 9.43. The highest BCUT2D eigenvalue weighted by Gasteiger charge is 2.57. The molecule has 30 heavy (non-hydrogen) atoms. The van der Waals surface area contributed by atoms with Gasteiger partial charge in [-0.3, -0.25) is 14.5 Å². The Morgan fingerprint density at radius 2 is 1.80 bits per heavy atom. The molecule has 2 aliphatic rings. The Morgan fingerprint density at radius 3 is 2.40 bits per heavy atom. The van der Waals surface area contributed by atoms with E-state index in [1.54, 1.807) is 9.80 Å². The zero-order chi connectivity index (χ0) is 21.7. The number of allylic oxidation sites excluding steroid dienone is 2. The highest BCUT2D eigenvalue weighted by atomic mass is 16.3. The van der Waals surface area contributed by atoms with Crippen molar-refractivity contribution in [3.63, 3.8) is 0 Å². The Morgan fingerprint density at radius 1 is 1.13 bits per heavy atom. The van der Waals surface area contributed by atoms with Crippen LogP contribution in [0.5, 0.6) is 0 Å². The molecule has 1 aromatic rings. The van der Waals surface area contributed by atoms with Gasteiger partial charge in [-0.2, -0.15) is 0 Å². The summed E-state index contributed by atoms with van der Waals surface area (Å²) >= 11 is 0. The van der Waals surface area contributed by atoms with E-state index in [1.165, 1.54) is 5.57 Å². The van der Waals surface area contributed by atoms with Crippen molar-refractivity contribution in [1.82, 2.24) is 14.7 Å². The van der Waals surface area contributed by atoms with Gasteiger partial charge in [0.2, 0.25) is 5.91 Å². The third-order valence-corrected chi connectivity index (χ3v) is 5.98. The van der Waals surface area contributed by atoms with Gasteiger partial charge in [0.15, 0.2) is 0 Å². The summed E-state index contributed by atoms with van der Waals surface area (Å²) in [7, 11) is 0. The van der Waals surface area contributed by atoms with Crippen LogP contribution in [0.2, 0.25) is 0 Å². The van der Waals surface area contributed by atoms with Crippen LogP contribution in [0.1, 0.15) is 45.1 Å². The number of carbonyl (C=O) groups excluding carboxylic acids is 3. The first-order valence-corrected chi connectivity index (χ1v) is 10.6. The third kappa shape index (κ3) is 4.41. The average molecular weight is 414 g/mol. The number of urea groups is 1. The lowest BCUT2D eigenvalue weighted by Crippen LogP contribution is -2.57. The van der Waals surface area contributed by atoms with Crippen LogP contribution < -0.4 is 0 Å². The van der Waals surface area contributed by atoms with Crippen LogP contribution >= 0.6 is 0 Å². The topological polar surface area (TPSA) is 81.2 Å². The molecule has 1 aromatic carbocycles. The van der Waals surface area contributed by atoms with Crippen molar-refractivity contribution in [2.24, 2.45) is 0 Å². The Bertz CT molecular complexity index is 809. The van der Waals surface area contributed by atoms with Crippen molar-refractivity contribution in [3.05, 3.63) is 47.5 Å². The van der Waals surface area contributed by atoms with Gasteiger partial charge in [-0.25, -0.2) is 4.79 Å². The molecule has 0 bridgehead atoms. The number of piperidine rings is 1. The molecule has 7 heteroatoms. The number of imide groups is 1. The molecule has 0 radical (unpaired) electrons. The number of carbonyl (C=O) groups is 3. The van der Waals surface area contributed by atoms with Gasteiger partial charge < -0.3 is 14.9 Å². The number of aliphatic hydroxyl groups excluding tert-OH is 1.